The van der Waals surface area contributed by atoms with Gasteiger partial charge in [0.2, 0.25) is 0 Å². The number of hydrogen-bond donors (Lipinski definition) is 1. The van der Waals surface area contributed by atoms with Gasteiger partial charge in [-0.05, 0) is 26.3 Å². The van der Waals surface area contributed by atoms with E-state index in [1.165, 1.54) is 38.6 Å². The molecule has 0 aromatic heterocycles. The van der Waals surface area contributed by atoms with Gasteiger partial charge in [0, 0.05) is 6.04 Å². The lowest BCUT2D eigenvalue weighted by molar-refractivity contribution is 0.438. The van der Waals surface area contributed by atoms with Crippen LogP contribution in [0.1, 0.15) is 39.0 Å². The van der Waals surface area contributed by atoms with Gasteiger partial charge in [-0.1, -0.05) is 19.3 Å². The molecule has 0 saturated carbocycles. The van der Waals surface area contributed by atoms with Crippen molar-refractivity contribution in [1.29, 1.82) is 0 Å². The minimum atomic E-state index is 0. The molecule has 0 bridgehead atoms. The molecule has 0 aromatic carbocycles. The fourth-order valence-corrected chi connectivity index (χ4v) is 1.38. The highest BCUT2D eigenvalue weighted by molar-refractivity contribution is 5.85. The van der Waals surface area contributed by atoms with Gasteiger partial charge in [-0.3, -0.25) is 0 Å². The third-order valence-electron chi connectivity index (χ3n) is 2.06. The zero-order valence-electron chi connectivity index (χ0n) is 6.73. The van der Waals surface area contributed by atoms with Gasteiger partial charge in [-0.2, -0.15) is 0 Å². The third-order valence-corrected chi connectivity index (χ3v) is 2.06. The molecular weight excluding hydrogens is 146 g/mol. The van der Waals surface area contributed by atoms with Crippen molar-refractivity contribution in [2.24, 2.45) is 0 Å². The summed E-state index contributed by atoms with van der Waals surface area (Å²) in [5.74, 6) is 0. The average Bonchev–Trinajstić information content (AvgIpc) is 1.79. The number of rotatable bonds is 0. The highest BCUT2D eigenvalue weighted by Gasteiger charge is 2.02. The Labute approximate surface area is 70.0 Å². The van der Waals surface area contributed by atoms with Crippen LogP contribution in [0.3, 0.4) is 0 Å². The number of nitrogens with one attached hydrogen (secondary N) is 1. The maximum atomic E-state index is 3.48. The zero-order chi connectivity index (χ0) is 6.53. The van der Waals surface area contributed by atoms with E-state index >= 15 is 0 Å². The molecule has 0 amide bonds. The van der Waals surface area contributed by atoms with Gasteiger partial charge in [0.1, 0.15) is 0 Å². The summed E-state index contributed by atoms with van der Waals surface area (Å²) in [5.41, 5.74) is 0. The molecule has 0 aliphatic carbocycles. The topological polar surface area (TPSA) is 12.0 Å². The molecule has 1 aliphatic heterocycles. The van der Waals surface area contributed by atoms with Crippen LogP contribution in [0.15, 0.2) is 0 Å². The predicted molar refractivity (Wildman–Crippen MR) is 47.8 cm³/mol. The van der Waals surface area contributed by atoms with Crippen LogP contribution >= 0.6 is 12.4 Å². The van der Waals surface area contributed by atoms with Crippen molar-refractivity contribution < 1.29 is 0 Å². The van der Waals surface area contributed by atoms with E-state index in [9.17, 15) is 0 Å². The molecule has 1 atom stereocenters. The summed E-state index contributed by atoms with van der Waals surface area (Å²) in [6.07, 6.45) is 7.06. The lowest BCUT2D eigenvalue weighted by Gasteiger charge is -2.16. The summed E-state index contributed by atoms with van der Waals surface area (Å²) < 4.78 is 0. The van der Waals surface area contributed by atoms with E-state index in [0.29, 0.717) is 0 Å². The van der Waals surface area contributed by atoms with Gasteiger partial charge in [0.15, 0.2) is 0 Å². The molecule has 0 radical (unpaired) electrons. The summed E-state index contributed by atoms with van der Waals surface area (Å²) in [4.78, 5) is 0. The van der Waals surface area contributed by atoms with Crippen molar-refractivity contribution in [2.45, 2.75) is 45.1 Å². The van der Waals surface area contributed by atoms with E-state index in [1.54, 1.807) is 0 Å². The van der Waals surface area contributed by atoms with Crippen LogP contribution < -0.4 is 5.32 Å². The van der Waals surface area contributed by atoms with E-state index in [2.05, 4.69) is 12.2 Å². The fraction of sp³-hybridized carbons (Fsp3) is 1.00. The number of hydrogen-bond acceptors (Lipinski definition) is 1. The first-order valence-corrected chi connectivity index (χ1v) is 4.13. The van der Waals surface area contributed by atoms with E-state index in [1.807, 2.05) is 0 Å². The quantitative estimate of drug-likeness (QED) is 0.578. The maximum absolute atomic E-state index is 3.48. The fourth-order valence-electron chi connectivity index (χ4n) is 1.38. The molecule has 2 heteroatoms. The van der Waals surface area contributed by atoms with Crippen molar-refractivity contribution in [3.63, 3.8) is 0 Å². The molecule has 0 aromatic rings. The van der Waals surface area contributed by atoms with Gasteiger partial charge in [-0.15, -0.1) is 12.4 Å². The summed E-state index contributed by atoms with van der Waals surface area (Å²) in [6, 6.07) is 0.769. The second-order valence-corrected chi connectivity index (χ2v) is 3.06. The SMILES string of the molecule is CC1CCCCCCN1.Cl. The largest absolute Gasteiger partial charge is 0.314 e. The van der Waals surface area contributed by atoms with Crippen molar-refractivity contribution in [2.75, 3.05) is 6.54 Å². The second-order valence-electron chi connectivity index (χ2n) is 3.06. The van der Waals surface area contributed by atoms with Gasteiger partial charge < -0.3 is 5.32 Å². The van der Waals surface area contributed by atoms with E-state index in [-0.39, 0.29) is 12.4 Å². The minimum Gasteiger partial charge on any atom is -0.314 e. The molecule has 10 heavy (non-hydrogen) atoms. The first-order valence-electron chi connectivity index (χ1n) is 4.13. The Morgan fingerprint density at radius 3 is 2.60 bits per heavy atom. The molecule has 1 unspecified atom stereocenters. The Morgan fingerprint density at radius 2 is 1.80 bits per heavy atom. The Bertz CT molecular complexity index is 67.7. The molecule has 1 saturated heterocycles. The van der Waals surface area contributed by atoms with Crippen molar-refractivity contribution in [1.82, 2.24) is 5.32 Å². The smallest absolute Gasteiger partial charge is 0.00387 e. The molecule has 1 heterocycles. The molecule has 1 rings (SSSR count). The van der Waals surface area contributed by atoms with Crippen LogP contribution in [0.2, 0.25) is 0 Å². The normalized spacial score (nSPS) is 27.9. The van der Waals surface area contributed by atoms with Crippen LogP contribution in [0.5, 0.6) is 0 Å². The van der Waals surface area contributed by atoms with Crippen LogP contribution in [0.4, 0.5) is 0 Å². The average molecular weight is 164 g/mol. The molecule has 62 valence electrons. The molecule has 0 spiro atoms. The predicted octanol–water partition coefficient (Wildman–Crippen LogP) is 2.35. The van der Waals surface area contributed by atoms with E-state index in [4.69, 9.17) is 0 Å². The Kier molecular flexibility index (Phi) is 6.14. The molecule has 1 nitrogen and oxygen atoms in total. The Balaban J connectivity index is 0.000000810. The highest BCUT2D eigenvalue weighted by Crippen LogP contribution is 2.08. The molecule has 1 N–H and O–H groups in total. The lowest BCUT2D eigenvalue weighted by atomic mass is 10.1. The van der Waals surface area contributed by atoms with Crippen LogP contribution in [-0.2, 0) is 0 Å². The lowest BCUT2D eigenvalue weighted by Crippen LogP contribution is -2.28. The zero-order valence-corrected chi connectivity index (χ0v) is 7.54. The first kappa shape index (κ1) is 10.2. The summed E-state index contributed by atoms with van der Waals surface area (Å²) in [6.45, 7) is 3.52. The third kappa shape index (κ3) is 4.13. The molecule has 1 fully saturated rings. The van der Waals surface area contributed by atoms with Gasteiger partial charge in [0.25, 0.3) is 0 Å². The maximum Gasteiger partial charge on any atom is 0.00387 e. The summed E-state index contributed by atoms with van der Waals surface area (Å²) in [7, 11) is 0. The Hall–Kier alpha value is 0.250. The van der Waals surface area contributed by atoms with Crippen LogP contribution in [0, 0.1) is 0 Å². The van der Waals surface area contributed by atoms with Crippen molar-refractivity contribution in [3.8, 4) is 0 Å². The Morgan fingerprint density at radius 1 is 1.10 bits per heavy atom. The summed E-state index contributed by atoms with van der Waals surface area (Å²) >= 11 is 0. The first-order chi connectivity index (χ1) is 4.39. The van der Waals surface area contributed by atoms with Crippen molar-refractivity contribution in [3.05, 3.63) is 0 Å². The van der Waals surface area contributed by atoms with E-state index in [0.717, 1.165) is 6.04 Å². The minimum absolute atomic E-state index is 0. The summed E-state index contributed by atoms with van der Waals surface area (Å²) in [5, 5.41) is 3.48. The monoisotopic (exact) mass is 163 g/mol. The van der Waals surface area contributed by atoms with Gasteiger partial charge in [-0.25, -0.2) is 0 Å². The second kappa shape index (κ2) is 5.99. The van der Waals surface area contributed by atoms with Crippen LogP contribution in [0.25, 0.3) is 0 Å². The standard InChI is InChI=1S/C8H17N.ClH/c1-8-6-4-2-3-5-7-9-8;/h8-9H,2-7H2,1H3;1H. The number of halogens is 1. The van der Waals surface area contributed by atoms with Gasteiger partial charge in [0.05, 0.1) is 0 Å². The van der Waals surface area contributed by atoms with Crippen LogP contribution in [-0.4, -0.2) is 12.6 Å². The highest BCUT2D eigenvalue weighted by atomic mass is 35.5. The van der Waals surface area contributed by atoms with E-state index < -0.39 is 0 Å². The molecular formula is C8H18ClN. The molecule has 1 aliphatic rings. The van der Waals surface area contributed by atoms with Gasteiger partial charge >= 0.3 is 0 Å². The van der Waals surface area contributed by atoms with Crippen molar-refractivity contribution >= 4 is 12.4 Å².